The smallest absolute Gasteiger partial charge is 0.254 e. The number of piperazine rings is 1. The van der Waals surface area contributed by atoms with Crippen molar-refractivity contribution < 1.29 is 9.55 Å². The Morgan fingerprint density at radius 1 is 1.13 bits per heavy atom. The molecule has 1 aliphatic heterocycles. The van der Waals surface area contributed by atoms with Gasteiger partial charge in [0.15, 0.2) is 0 Å². The molecular weight excluding hydrogens is 192 g/mol. The van der Waals surface area contributed by atoms with Crippen LogP contribution in [0.25, 0.3) is 0 Å². The van der Waals surface area contributed by atoms with Crippen LogP contribution in [0.4, 0.5) is 0 Å². The van der Waals surface area contributed by atoms with Gasteiger partial charge in [0, 0.05) is 15.2 Å². The number of carbonyl (C=O) groups excluding carboxylic acids is 1. The van der Waals surface area contributed by atoms with Gasteiger partial charge in [-0.3, -0.25) is 4.79 Å². The Hall–Kier alpha value is -1.71. The van der Waals surface area contributed by atoms with Gasteiger partial charge in [-0.2, -0.15) is 0 Å². The third-order valence-electron chi connectivity index (χ3n) is 2.55. The van der Waals surface area contributed by atoms with Gasteiger partial charge in [0.25, 0.3) is 5.91 Å². The molecule has 4 nitrogen and oxygen atoms in total. The summed E-state index contributed by atoms with van der Waals surface area (Å²) < 4.78 is 0.995. The lowest BCUT2D eigenvalue weighted by Crippen LogP contribution is -2.44. The fourth-order valence-corrected chi connectivity index (χ4v) is 1.65. The summed E-state index contributed by atoms with van der Waals surface area (Å²) in [7, 11) is 0. The zero-order valence-electron chi connectivity index (χ0n) is 8.43. The average Bonchev–Trinajstić information content (AvgIpc) is 2.30. The molecule has 0 unspecified atom stereocenters. The van der Waals surface area contributed by atoms with Crippen LogP contribution < -0.4 is 0 Å². The number of rotatable bonds is 1. The predicted octanol–water partition coefficient (Wildman–Crippen LogP) is 0.921. The molecule has 0 aromatic heterocycles. The van der Waals surface area contributed by atoms with Crippen LogP contribution in [-0.4, -0.2) is 41.7 Å². The maximum absolute atomic E-state index is 11.9. The summed E-state index contributed by atoms with van der Waals surface area (Å²) in [5.41, 5.74) is 0.692. The maximum atomic E-state index is 11.9. The first-order chi connectivity index (χ1) is 7.27. The summed E-state index contributed by atoms with van der Waals surface area (Å²) in [6, 6.07) is 9.17. The van der Waals surface area contributed by atoms with Crippen molar-refractivity contribution in [2.75, 3.05) is 26.2 Å². The molecule has 78 valence electrons. The second-order valence-electron chi connectivity index (χ2n) is 3.59. The first kappa shape index (κ1) is 9.83. The molecule has 0 N–H and O–H groups in total. The molecule has 0 saturated carbocycles. The van der Waals surface area contributed by atoms with Crippen LogP contribution in [0.15, 0.2) is 30.3 Å². The molecule has 15 heavy (non-hydrogen) atoms. The highest BCUT2D eigenvalue weighted by molar-refractivity contribution is 5.94. The molecule has 0 radical (unpaired) electrons. The Bertz CT molecular complexity index is 365. The van der Waals surface area contributed by atoms with Crippen molar-refractivity contribution in [3.8, 4) is 0 Å². The highest BCUT2D eigenvalue weighted by Gasteiger charge is 2.25. The summed E-state index contributed by atoms with van der Waals surface area (Å²) >= 11 is 0. The monoisotopic (exact) mass is 205 g/mol. The molecule has 1 aromatic carbocycles. The van der Waals surface area contributed by atoms with Gasteiger partial charge in [-0.1, -0.05) is 18.2 Å². The van der Waals surface area contributed by atoms with E-state index in [1.54, 1.807) is 17.0 Å². The number of hydrogen-bond acceptors (Lipinski definition) is 2. The van der Waals surface area contributed by atoms with E-state index in [1.165, 1.54) is 0 Å². The molecule has 1 fully saturated rings. The van der Waals surface area contributed by atoms with Gasteiger partial charge >= 0.3 is 0 Å². The van der Waals surface area contributed by atoms with E-state index in [0.29, 0.717) is 31.7 Å². The number of amides is 1. The van der Waals surface area contributed by atoms with Crippen molar-refractivity contribution in [3.63, 3.8) is 0 Å². The van der Waals surface area contributed by atoms with Gasteiger partial charge in [0.2, 0.25) is 13.1 Å². The van der Waals surface area contributed by atoms with E-state index < -0.39 is 0 Å². The fourth-order valence-electron chi connectivity index (χ4n) is 1.65. The van der Waals surface area contributed by atoms with Gasteiger partial charge < -0.3 is 4.90 Å². The van der Waals surface area contributed by atoms with Crippen LogP contribution in [0, 0.1) is 4.91 Å². The predicted molar refractivity (Wildman–Crippen MR) is 55.7 cm³/mol. The summed E-state index contributed by atoms with van der Waals surface area (Å²) in [6.45, 7) is 1.88. The first-order valence-electron chi connectivity index (χ1n) is 5.04. The Morgan fingerprint density at radius 3 is 2.33 bits per heavy atom. The molecule has 0 aliphatic carbocycles. The molecular formula is C11H13N2O2+. The van der Waals surface area contributed by atoms with Crippen molar-refractivity contribution >= 4 is 5.91 Å². The van der Waals surface area contributed by atoms with Gasteiger partial charge in [-0.25, -0.2) is 0 Å². The molecule has 2 rings (SSSR count). The summed E-state index contributed by atoms with van der Waals surface area (Å²) in [6.07, 6.45) is 0. The van der Waals surface area contributed by atoms with Gasteiger partial charge in [0.1, 0.15) is 0 Å². The van der Waals surface area contributed by atoms with Crippen molar-refractivity contribution in [2.24, 2.45) is 0 Å². The van der Waals surface area contributed by atoms with Crippen LogP contribution in [0.5, 0.6) is 0 Å². The number of hydrogen-bond donors (Lipinski definition) is 0. The first-order valence-corrected chi connectivity index (χ1v) is 5.04. The Morgan fingerprint density at radius 2 is 1.73 bits per heavy atom. The number of nitrogens with zero attached hydrogens (tertiary/aromatic N) is 2. The lowest BCUT2D eigenvalue weighted by molar-refractivity contribution is -0.558. The molecule has 1 amide bonds. The average molecular weight is 205 g/mol. The van der Waals surface area contributed by atoms with Crippen molar-refractivity contribution in [3.05, 3.63) is 40.8 Å². The molecule has 0 atom stereocenters. The van der Waals surface area contributed by atoms with Crippen molar-refractivity contribution in [2.45, 2.75) is 0 Å². The van der Waals surface area contributed by atoms with E-state index in [9.17, 15) is 9.70 Å². The van der Waals surface area contributed by atoms with Crippen molar-refractivity contribution in [1.82, 2.24) is 4.90 Å². The van der Waals surface area contributed by atoms with E-state index in [1.807, 2.05) is 18.2 Å². The lowest BCUT2D eigenvalue weighted by atomic mass is 10.2. The van der Waals surface area contributed by atoms with Gasteiger partial charge in [-0.05, 0) is 12.1 Å². The van der Waals surface area contributed by atoms with Crippen LogP contribution >= 0.6 is 0 Å². The molecule has 1 aliphatic rings. The van der Waals surface area contributed by atoms with Crippen LogP contribution in [0.3, 0.4) is 0 Å². The lowest BCUT2D eigenvalue weighted by Gasteiger charge is -2.22. The Balaban J connectivity index is 2.06. The Kier molecular flexibility index (Phi) is 2.76. The standard InChI is InChI=1S/C11H13N2O2/c14-11(10-4-2-1-3-5-10)12-6-8-13(15)9-7-12/h1-5H,6-9H2/q+1. The Labute approximate surface area is 88.1 Å². The van der Waals surface area contributed by atoms with Gasteiger partial charge in [0.05, 0.1) is 13.1 Å². The summed E-state index contributed by atoms with van der Waals surface area (Å²) in [5, 5.41) is 0. The van der Waals surface area contributed by atoms with E-state index >= 15 is 0 Å². The quantitative estimate of drug-likeness (QED) is 0.640. The van der Waals surface area contributed by atoms with Crippen LogP contribution in [0.1, 0.15) is 10.4 Å². The van der Waals surface area contributed by atoms with E-state index in [4.69, 9.17) is 0 Å². The normalized spacial score (nSPS) is 16.5. The van der Waals surface area contributed by atoms with Gasteiger partial charge in [-0.15, -0.1) is 0 Å². The summed E-state index contributed by atoms with van der Waals surface area (Å²) in [4.78, 5) is 24.6. The minimum absolute atomic E-state index is 0.0173. The largest absolute Gasteiger partial charge is 0.326 e. The molecule has 4 heteroatoms. The molecule has 1 saturated heterocycles. The van der Waals surface area contributed by atoms with Crippen LogP contribution in [0.2, 0.25) is 0 Å². The second kappa shape index (κ2) is 4.21. The minimum Gasteiger partial charge on any atom is -0.326 e. The fraction of sp³-hybridized carbons (Fsp3) is 0.364. The molecule has 0 spiro atoms. The van der Waals surface area contributed by atoms with Crippen molar-refractivity contribution in [1.29, 1.82) is 0 Å². The van der Waals surface area contributed by atoms with E-state index in [-0.39, 0.29) is 5.91 Å². The number of carbonyl (C=O) groups is 1. The minimum atomic E-state index is 0.0173. The number of benzene rings is 1. The molecule has 1 aromatic rings. The summed E-state index contributed by atoms with van der Waals surface area (Å²) in [5.74, 6) is 0.0173. The SMILES string of the molecule is O=C(c1ccccc1)N1CC[N+](=O)CC1. The molecule has 0 bridgehead atoms. The highest BCUT2D eigenvalue weighted by atomic mass is 16.3. The third kappa shape index (κ3) is 2.21. The highest BCUT2D eigenvalue weighted by Crippen LogP contribution is 2.06. The van der Waals surface area contributed by atoms with E-state index in [2.05, 4.69) is 0 Å². The zero-order valence-corrected chi connectivity index (χ0v) is 8.43. The second-order valence-corrected chi connectivity index (χ2v) is 3.59. The van der Waals surface area contributed by atoms with E-state index in [0.717, 1.165) is 4.76 Å². The third-order valence-corrected chi connectivity index (χ3v) is 2.55. The van der Waals surface area contributed by atoms with Crippen LogP contribution in [-0.2, 0) is 0 Å². The maximum Gasteiger partial charge on any atom is 0.254 e. The zero-order chi connectivity index (χ0) is 10.7. The topological polar surface area (TPSA) is 40.4 Å². The number of nitroso groups, excluding NO2 is 1. The molecule has 1 heterocycles.